The highest BCUT2D eigenvalue weighted by molar-refractivity contribution is 9.10. The van der Waals surface area contributed by atoms with Crippen molar-refractivity contribution in [1.29, 1.82) is 0 Å². The van der Waals surface area contributed by atoms with Crippen LogP contribution in [-0.2, 0) is 0 Å². The van der Waals surface area contributed by atoms with Gasteiger partial charge in [-0.25, -0.2) is 0 Å². The highest BCUT2D eigenvalue weighted by Gasteiger charge is 2.22. The van der Waals surface area contributed by atoms with Crippen LogP contribution in [0.2, 0.25) is 5.02 Å². The van der Waals surface area contributed by atoms with Crippen LogP contribution in [0.3, 0.4) is 0 Å². The van der Waals surface area contributed by atoms with E-state index in [-0.39, 0.29) is 11.6 Å². The number of nitrogens with zero attached hydrogens (tertiary/aromatic N) is 3. The van der Waals surface area contributed by atoms with Crippen molar-refractivity contribution in [3.05, 3.63) is 69.5 Å². The van der Waals surface area contributed by atoms with Crippen LogP contribution in [0, 0.1) is 5.92 Å². The summed E-state index contributed by atoms with van der Waals surface area (Å²) in [5.41, 5.74) is 1.73. The van der Waals surface area contributed by atoms with Gasteiger partial charge in [-0.2, -0.15) is 5.10 Å². The van der Waals surface area contributed by atoms with Crippen molar-refractivity contribution >= 4 is 50.9 Å². The first kappa shape index (κ1) is 23.3. The van der Waals surface area contributed by atoms with E-state index in [0.29, 0.717) is 33.3 Å². The van der Waals surface area contributed by atoms with Gasteiger partial charge in [-0.1, -0.05) is 23.7 Å². The zero-order chi connectivity index (χ0) is 23.2. The molecule has 2 aromatic heterocycles. The van der Waals surface area contributed by atoms with Crippen LogP contribution in [0.15, 0.2) is 53.3 Å². The van der Waals surface area contributed by atoms with Gasteiger partial charge < -0.3 is 15.5 Å². The first-order valence-electron chi connectivity index (χ1n) is 10.8. The zero-order valence-corrected chi connectivity index (χ0v) is 20.2. The summed E-state index contributed by atoms with van der Waals surface area (Å²) < 4.78 is 0.395. The van der Waals surface area contributed by atoms with E-state index in [1.165, 1.54) is 5.69 Å². The van der Waals surface area contributed by atoms with Crippen molar-refractivity contribution in [2.24, 2.45) is 5.92 Å². The number of carbonyl (C=O) groups excluding carboxylic acids is 2. The molecule has 0 spiro atoms. The fourth-order valence-electron chi connectivity index (χ4n) is 3.90. The lowest BCUT2D eigenvalue weighted by atomic mass is 9.93. The van der Waals surface area contributed by atoms with Crippen molar-refractivity contribution in [3.8, 4) is 0 Å². The molecular formula is C23H24BrClN6O2. The number of aromatic amines is 1. The maximum atomic E-state index is 12.6. The van der Waals surface area contributed by atoms with Crippen molar-refractivity contribution in [2.45, 2.75) is 19.3 Å². The molecule has 8 nitrogen and oxygen atoms in total. The number of benzene rings is 1. The standard InChI is InChI=1S/C23H24BrClN6O2/c24-19-20(29-30-21(19)28-22(32)17-3-1-2-4-18(17)25)23(33)27-12-5-15-8-13-31(14-9-15)16-6-10-26-11-7-16/h1-4,6-7,10-11,15H,5,8-9,12-14H2,(H,27,33)(H2,28,29,30,32). The highest BCUT2D eigenvalue weighted by atomic mass is 79.9. The summed E-state index contributed by atoms with van der Waals surface area (Å²) in [5.74, 6) is 0.172. The Morgan fingerprint density at radius 1 is 1.12 bits per heavy atom. The van der Waals surface area contributed by atoms with E-state index in [2.05, 4.69) is 46.6 Å². The number of anilines is 2. The number of halogens is 2. The number of hydrogen-bond donors (Lipinski definition) is 3. The predicted molar refractivity (Wildman–Crippen MR) is 132 cm³/mol. The van der Waals surface area contributed by atoms with Gasteiger partial charge in [-0.05, 0) is 65.4 Å². The summed E-state index contributed by atoms with van der Waals surface area (Å²) in [6, 6.07) is 10.8. The smallest absolute Gasteiger partial charge is 0.273 e. The maximum absolute atomic E-state index is 12.6. The molecule has 4 rings (SSSR count). The highest BCUT2D eigenvalue weighted by Crippen LogP contribution is 2.26. The molecule has 1 aliphatic rings. The summed E-state index contributed by atoms with van der Waals surface area (Å²) in [6.45, 7) is 2.57. The minimum Gasteiger partial charge on any atom is -0.371 e. The molecule has 33 heavy (non-hydrogen) atoms. The summed E-state index contributed by atoms with van der Waals surface area (Å²) in [6.07, 6.45) is 6.72. The zero-order valence-electron chi connectivity index (χ0n) is 17.9. The molecular weight excluding hydrogens is 508 g/mol. The third-order valence-corrected chi connectivity index (χ3v) is 6.86. The summed E-state index contributed by atoms with van der Waals surface area (Å²) in [4.78, 5) is 31.5. The molecule has 3 heterocycles. The Bertz CT molecular complexity index is 1120. The molecule has 0 atom stereocenters. The molecule has 172 valence electrons. The normalized spacial score (nSPS) is 14.2. The van der Waals surface area contributed by atoms with Crippen LogP contribution >= 0.6 is 27.5 Å². The number of amides is 2. The van der Waals surface area contributed by atoms with E-state index in [1.807, 2.05) is 24.5 Å². The topological polar surface area (TPSA) is 103 Å². The number of rotatable bonds is 7. The molecule has 1 saturated heterocycles. The first-order chi connectivity index (χ1) is 16.0. The van der Waals surface area contributed by atoms with Gasteiger partial charge in [0.2, 0.25) is 0 Å². The molecule has 3 aromatic rings. The lowest BCUT2D eigenvalue weighted by molar-refractivity contribution is 0.0944. The Balaban J connectivity index is 1.25. The van der Waals surface area contributed by atoms with Crippen LogP contribution in [0.5, 0.6) is 0 Å². The van der Waals surface area contributed by atoms with E-state index in [0.717, 1.165) is 32.4 Å². The number of aromatic nitrogens is 3. The average Bonchev–Trinajstić information content (AvgIpc) is 3.20. The summed E-state index contributed by atoms with van der Waals surface area (Å²) >= 11 is 9.43. The number of carbonyl (C=O) groups is 2. The van der Waals surface area contributed by atoms with Gasteiger partial charge in [0.25, 0.3) is 11.8 Å². The van der Waals surface area contributed by atoms with Crippen molar-refractivity contribution < 1.29 is 9.59 Å². The van der Waals surface area contributed by atoms with Gasteiger partial charge in [0.15, 0.2) is 5.69 Å². The molecule has 0 saturated carbocycles. The van der Waals surface area contributed by atoms with Gasteiger partial charge in [-0.3, -0.25) is 19.7 Å². The van der Waals surface area contributed by atoms with Crippen LogP contribution in [0.25, 0.3) is 0 Å². The van der Waals surface area contributed by atoms with Gasteiger partial charge in [-0.15, -0.1) is 0 Å². The Morgan fingerprint density at radius 3 is 2.58 bits per heavy atom. The molecule has 10 heteroatoms. The average molecular weight is 532 g/mol. The van der Waals surface area contributed by atoms with E-state index >= 15 is 0 Å². The van der Waals surface area contributed by atoms with E-state index < -0.39 is 5.91 Å². The Kier molecular flexibility index (Phi) is 7.61. The number of hydrogen-bond acceptors (Lipinski definition) is 5. The molecule has 1 aliphatic heterocycles. The SMILES string of the molecule is O=C(Nc1[nH]nc(C(=O)NCCC2CCN(c3ccncc3)CC2)c1Br)c1ccccc1Cl. The van der Waals surface area contributed by atoms with Crippen LogP contribution in [0.1, 0.15) is 40.1 Å². The number of H-pyrrole nitrogens is 1. The molecule has 3 N–H and O–H groups in total. The number of nitrogens with one attached hydrogen (secondary N) is 3. The first-order valence-corrected chi connectivity index (χ1v) is 11.9. The van der Waals surface area contributed by atoms with E-state index in [1.54, 1.807) is 24.3 Å². The quantitative estimate of drug-likeness (QED) is 0.416. The second-order valence-electron chi connectivity index (χ2n) is 7.88. The Morgan fingerprint density at radius 2 is 1.85 bits per heavy atom. The minimum absolute atomic E-state index is 0.192. The van der Waals surface area contributed by atoms with Gasteiger partial charge in [0.1, 0.15) is 5.82 Å². The fraction of sp³-hybridized carbons (Fsp3) is 0.304. The van der Waals surface area contributed by atoms with Crippen LogP contribution < -0.4 is 15.5 Å². The lowest BCUT2D eigenvalue weighted by Crippen LogP contribution is -2.35. The van der Waals surface area contributed by atoms with Gasteiger partial charge in [0.05, 0.1) is 15.1 Å². The second-order valence-corrected chi connectivity index (χ2v) is 9.08. The Labute approximate surface area is 205 Å². The van der Waals surface area contributed by atoms with Crippen LogP contribution in [0.4, 0.5) is 11.5 Å². The largest absolute Gasteiger partial charge is 0.371 e. The van der Waals surface area contributed by atoms with E-state index in [9.17, 15) is 9.59 Å². The molecule has 0 radical (unpaired) electrons. The minimum atomic E-state index is -0.394. The monoisotopic (exact) mass is 530 g/mol. The maximum Gasteiger partial charge on any atom is 0.273 e. The van der Waals surface area contributed by atoms with Gasteiger partial charge >= 0.3 is 0 Å². The second kappa shape index (κ2) is 10.8. The summed E-state index contributed by atoms with van der Waals surface area (Å²) in [7, 11) is 0. The molecule has 0 unspecified atom stereocenters. The predicted octanol–water partition coefficient (Wildman–Crippen LogP) is 4.51. The third kappa shape index (κ3) is 5.72. The lowest BCUT2D eigenvalue weighted by Gasteiger charge is -2.33. The molecule has 1 aromatic carbocycles. The van der Waals surface area contributed by atoms with Crippen molar-refractivity contribution in [1.82, 2.24) is 20.5 Å². The molecule has 2 amide bonds. The number of pyridine rings is 1. The Hall–Kier alpha value is -2.91. The number of piperidine rings is 1. The third-order valence-electron chi connectivity index (χ3n) is 5.76. The van der Waals surface area contributed by atoms with Crippen LogP contribution in [-0.4, -0.2) is 46.6 Å². The fourth-order valence-corrected chi connectivity index (χ4v) is 4.57. The van der Waals surface area contributed by atoms with Gasteiger partial charge in [0, 0.05) is 37.7 Å². The molecule has 1 fully saturated rings. The van der Waals surface area contributed by atoms with E-state index in [4.69, 9.17) is 11.6 Å². The van der Waals surface area contributed by atoms with Crippen molar-refractivity contribution in [3.63, 3.8) is 0 Å². The molecule has 0 aliphatic carbocycles. The van der Waals surface area contributed by atoms with Crippen molar-refractivity contribution in [2.75, 3.05) is 29.9 Å². The summed E-state index contributed by atoms with van der Waals surface area (Å²) in [5, 5.41) is 12.7. The molecule has 0 bridgehead atoms.